The molecule has 3 nitrogen and oxygen atoms in total. The molecule has 0 fully saturated rings. The summed E-state index contributed by atoms with van der Waals surface area (Å²) in [5.41, 5.74) is 0. The summed E-state index contributed by atoms with van der Waals surface area (Å²) in [6.07, 6.45) is 0. The van der Waals surface area contributed by atoms with Gasteiger partial charge in [0.25, 0.3) is 0 Å². The van der Waals surface area contributed by atoms with Crippen LogP contribution in [0, 0.1) is 0 Å². The zero-order valence-corrected chi connectivity index (χ0v) is 7.57. The van der Waals surface area contributed by atoms with Crippen molar-refractivity contribution in [2.24, 2.45) is 0 Å². The predicted octanol–water partition coefficient (Wildman–Crippen LogP) is -3.03. The number of carbonyl (C=O) groups excluding carboxylic acids is 2. The molecule has 0 amide bonds. The Kier molecular flexibility index (Phi) is 7.95. The summed E-state index contributed by atoms with van der Waals surface area (Å²) in [7, 11) is 0. The number of hydrogen-bond acceptors (Lipinski definition) is 4. The van der Waals surface area contributed by atoms with Gasteiger partial charge in [-0.15, -0.1) is 0 Å². The van der Waals surface area contributed by atoms with Crippen LogP contribution in [0.5, 0.6) is 0 Å². The van der Waals surface area contributed by atoms with Crippen LogP contribution in [0.3, 0.4) is 0 Å². The minimum Gasteiger partial charge on any atom is -0.389 e. The fraction of sp³-hybridized carbons (Fsp3) is 0.333. The summed E-state index contributed by atoms with van der Waals surface area (Å²) in [4.78, 5) is 19.7. The van der Waals surface area contributed by atoms with Crippen LogP contribution in [0.25, 0.3) is 0 Å². The van der Waals surface area contributed by atoms with Crippen LogP contribution < -0.4 is 29.6 Å². The van der Waals surface area contributed by atoms with Gasteiger partial charge in [-0.05, 0) is 0 Å². The maximum Gasteiger partial charge on any atom is 1.00 e. The van der Waals surface area contributed by atoms with E-state index in [-0.39, 0.29) is 29.6 Å². The summed E-state index contributed by atoms with van der Waals surface area (Å²) < 4.78 is 3.72. The summed E-state index contributed by atoms with van der Waals surface area (Å²) in [6.45, 7) is 1.11. The van der Waals surface area contributed by atoms with E-state index in [0.29, 0.717) is 0 Å². The molecule has 0 aromatic carbocycles. The monoisotopic (exact) mass is 143 g/mol. The number of rotatable bonds is 1. The van der Waals surface area contributed by atoms with Gasteiger partial charge in [0.2, 0.25) is 5.78 Å². The summed E-state index contributed by atoms with van der Waals surface area (Å²) in [6, 6.07) is 0. The number of Topliss-reactive ketones (excluding diaryl/α,β-unsaturated/α-hetero) is 1. The minimum absolute atomic E-state index is 0. The third-order valence-electron chi connectivity index (χ3n) is 0.370. The van der Waals surface area contributed by atoms with E-state index >= 15 is 0 Å². The topological polar surface area (TPSA) is 43.4 Å². The fourth-order valence-corrected chi connectivity index (χ4v) is 0.193. The molecule has 0 radical (unpaired) electrons. The van der Waals surface area contributed by atoms with E-state index in [4.69, 9.17) is 0 Å². The van der Waals surface area contributed by atoms with Crippen LogP contribution in [0.2, 0.25) is 0 Å². The first-order valence-corrected chi connectivity index (χ1v) is 1.91. The summed E-state index contributed by atoms with van der Waals surface area (Å²) in [5.74, 6) is -1.57. The largest absolute Gasteiger partial charge is 1.00 e. The summed E-state index contributed by atoms with van der Waals surface area (Å²) >= 11 is 3.08. The van der Waals surface area contributed by atoms with Crippen LogP contribution in [0.15, 0.2) is 0 Å². The normalized spacial score (nSPS) is 6.75. The molecule has 0 saturated heterocycles. The molecule has 0 spiro atoms. The number of hydrogen-bond donors (Lipinski definition) is 1. The third-order valence-corrected chi connectivity index (χ3v) is 0.536. The Hall–Kier alpha value is 0.490. The quantitative estimate of drug-likeness (QED) is 0.184. The standard InChI is InChI=1S/C3H4O3S.Na/c1-2(4)3(5)6-7;/h7H,1H3;/q;+1. The van der Waals surface area contributed by atoms with E-state index in [1.807, 2.05) is 0 Å². The van der Waals surface area contributed by atoms with Crippen molar-refractivity contribution in [1.82, 2.24) is 0 Å². The minimum atomic E-state index is -0.927. The molecule has 0 N–H and O–H groups in total. The molecule has 0 aromatic heterocycles. The van der Waals surface area contributed by atoms with Crippen LogP contribution in [-0.4, -0.2) is 11.8 Å². The maximum absolute atomic E-state index is 9.86. The average molecular weight is 143 g/mol. The zero-order chi connectivity index (χ0) is 5.86. The van der Waals surface area contributed by atoms with Crippen LogP contribution in [0.1, 0.15) is 6.92 Å². The smallest absolute Gasteiger partial charge is 0.389 e. The Bertz CT molecular complexity index is 103. The Morgan fingerprint density at radius 2 is 1.88 bits per heavy atom. The van der Waals surface area contributed by atoms with Crippen molar-refractivity contribution in [2.45, 2.75) is 6.92 Å². The van der Waals surface area contributed by atoms with Gasteiger partial charge in [-0.1, -0.05) is 0 Å². The summed E-state index contributed by atoms with van der Waals surface area (Å²) in [5, 5.41) is 0. The Balaban J connectivity index is 0. The van der Waals surface area contributed by atoms with Gasteiger partial charge in [-0.3, -0.25) is 4.79 Å². The molecular formula is C3H4NaO3S+. The van der Waals surface area contributed by atoms with Crippen molar-refractivity contribution in [3.63, 3.8) is 0 Å². The molecule has 0 heterocycles. The van der Waals surface area contributed by atoms with Gasteiger partial charge < -0.3 is 4.18 Å². The maximum atomic E-state index is 9.86. The molecule has 0 rings (SSSR count). The van der Waals surface area contributed by atoms with E-state index < -0.39 is 11.8 Å². The van der Waals surface area contributed by atoms with Gasteiger partial charge >= 0.3 is 35.5 Å². The van der Waals surface area contributed by atoms with E-state index in [0.717, 1.165) is 6.92 Å². The molecular weight excluding hydrogens is 139 g/mol. The van der Waals surface area contributed by atoms with Gasteiger partial charge in [0.1, 0.15) is 0 Å². The van der Waals surface area contributed by atoms with Crippen molar-refractivity contribution in [2.75, 3.05) is 0 Å². The molecule has 5 heteroatoms. The van der Waals surface area contributed by atoms with Gasteiger partial charge in [0.05, 0.1) is 0 Å². The van der Waals surface area contributed by atoms with Crippen molar-refractivity contribution < 1.29 is 43.3 Å². The second-order valence-electron chi connectivity index (χ2n) is 0.935. The van der Waals surface area contributed by atoms with E-state index in [1.54, 1.807) is 0 Å². The van der Waals surface area contributed by atoms with Crippen LogP contribution >= 0.6 is 12.9 Å². The molecule has 0 bridgehead atoms. The average Bonchev–Trinajstić information content (AvgIpc) is 1.65. The number of ketones is 1. The molecule has 0 saturated carbocycles. The van der Waals surface area contributed by atoms with Gasteiger partial charge in [-0.2, -0.15) is 0 Å². The molecule has 0 aliphatic heterocycles. The molecule has 0 aliphatic carbocycles. The zero-order valence-electron chi connectivity index (χ0n) is 4.67. The predicted molar refractivity (Wildman–Crippen MR) is 25.8 cm³/mol. The van der Waals surface area contributed by atoms with E-state index in [1.165, 1.54) is 0 Å². The molecule has 0 aliphatic rings. The molecule has 40 valence electrons. The van der Waals surface area contributed by atoms with E-state index in [9.17, 15) is 9.59 Å². The Morgan fingerprint density at radius 1 is 1.50 bits per heavy atom. The SMILES string of the molecule is CC(=O)C(=O)OS.[Na+]. The van der Waals surface area contributed by atoms with Crippen LogP contribution in [-0.2, 0) is 13.8 Å². The van der Waals surface area contributed by atoms with Gasteiger partial charge in [-0.25, -0.2) is 4.79 Å². The Labute approximate surface area is 74.7 Å². The van der Waals surface area contributed by atoms with Gasteiger partial charge in [0, 0.05) is 19.8 Å². The Morgan fingerprint density at radius 3 is 1.88 bits per heavy atom. The van der Waals surface area contributed by atoms with Crippen molar-refractivity contribution >= 4 is 24.7 Å². The van der Waals surface area contributed by atoms with Crippen LogP contribution in [0.4, 0.5) is 0 Å². The molecule has 0 aromatic rings. The number of thiol groups is 1. The second kappa shape index (κ2) is 5.62. The van der Waals surface area contributed by atoms with Crippen molar-refractivity contribution in [3.05, 3.63) is 0 Å². The fourth-order valence-electron chi connectivity index (χ4n) is 0.0643. The second-order valence-corrected chi connectivity index (χ2v) is 1.12. The molecule has 0 unspecified atom stereocenters. The number of carbonyl (C=O) groups is 2. The third kappa shape index (κ3) is 4.64. The molecule has 0 atom stereocenters. The first kappa shape index (κ1) is 11.3. The van der Waals surface area contributed by atoms with Gasteiger partial charge in [0.15, 0.2) is 0 Å². The molecule has 8 heavy (non-hydrogen) atoms. The van der Waals surface area contributed by atoms with Crippen molar-refractivity contribution in [3.8, 4) is 0 Å². The van der Waals surface area contributed by atoms with E-state index in [2.05, 4.69) is 17.1 Å². The van der Waals surface area contributed by atoms with Crippen molar-refractivity contribution in [1.29, 1.82) is 0 Å². The first-order valence-electron chi connectivity index (χ1n) is 1.54. The first-order chi connectivity index (χ1) is 3.18.